The van der Waals surface area contributed by atoms with Crippen LogP contribution >= 0.6 is 27.3 Å². The zero-order valence-electron chi connectivity index (χ0n) is 12.4. The van der Waals surface area contributed by atoms with E-state index in [0.717, 1.165) is 43.4 Å². The van der Waals surface area contributed by atoms with Gasteiger partial charge in [-0.1, -0.05) is 0 Å². The second-order valence-corrected chi connectivity index (χ2v) is 7.60. The number of aryl methyl sites for hydroxylation is 1. The standard InChI is InChI=1S/C15H23BrN2O2S/c1-20-11-15(4-6-17-7-5-15)10-18-14(19)3-2-13-8-12(16)9-21-13/h8-9,17H,2-7,10-11H2,1H3,(H,18,19). The summed E-state index contributed by atoms with van der Waals surface area (Å²) in [5, 5.41) is 8.52. The van der Waals surface area contributed by atoms with E-state index in [2.05, 4.69) is 38.0 Å². The molecular weight excluding hydrogens is 352 g/mol. The first-order valence-corrected chi connectivity index (χ1v) is 9.00. The van der Waals surface area contributed by atoms with E-state index < -0.39 is 0 Å². The Balaban J connectivity index is 1.76. The number of carbonyl (C=O) groups excluding carboxylic acids is 1. The summed E-state index contributed by atoms with van der Waals surface area (Å²) < 4.78 is 6.46. The summed E-state index contributed by atoms with van der Waals surface area (Å²) >= 11 is 5.13. The highest BCUT2D eigenvalue weighted by atomic mass is 79.9. The summed E-state index contributed by atoms with van der Waals surface area (Å²) in [6.07, 6.45) is 3.47. The summed E-state index contributed by atoms with van der Waals surface area (Å²) in [5.74, 6) is 0.133. The van der Waals surface area contributed by atoms with Crippen molar-refractivity contribution in [2.24, 2.45) is 5.41 Å². The molecule has 2 heterocycles. The first kappa shape index (κ1) is 16.9. The van der Waals surface area contributed by atoms with Crippen molar-refractivity contribution in [1.82, 2.24) is 10.6 Å². The number of hydrogen-bond donors (Lipinski definition) is 2. The molecule has 1 aromatic rings. The molecule has 21 heavy (non-hydrogen) atoms. The van der Waals surface area contributed by atoms with E-state index in [1.54, 1.807) is 18.4 Å². The van der Waals surface area contributed by atoms with Crippen LogP contribution in [-0.2, 0) is 16.0 Å². The molecule has 6 heteroatoms. The Bertz CT molecular complexity index is 453. The number of ether oxygens (including phenoxy) is 1. The fraction of sp³-hybridized carbons (Fsp3) is 0.667. The zero-order valence-corrected chi connectivity index (χ0v) is 14.8. The molecule has 0 atom stereocenters. The fourth-order valence-corrected chi connectivity index (χ4v) is 4.19. The molecular formula is C15H23BrN2O2S. The highest BCUT2D eigenvalue weighted by molar-refractivity contribution is 9.10. The number of halogens is 1. The minimum absolute atomic E-state index is 0.0988. The van der Waals surface area contributed by atoms with Gasteiger partial charge in [-0.25, -0.2) is 0 Å². The van der Waals surface area contributed by atoms with Crippen LogP contribution in [-0.4, -0.2) is 39.3 Å². The first-order valence-electron chi connectivity index (χ1n) is 7.33. The van der Waals surface area contributed by atoms with E-state index in [1.165, 1.54) is 4.88 Å². The number of nitrogens with one attached hydrogen (secondary N) is 2. The Morgan fingerprint density at radius 1 is 1.52 bits per heavy atom. The molecule has 0 saturated carbocycles. The van der Waals surface area contributed by atoms with E-state index in [9.17, 15) is 4.79 Å². The van der Waals surface area contributed by atoms with Crippen molar-refractivity contribution in [3.63, 3.8) is 0 Å². The van der Waals surface area contributed by atoms with E-state index in [1.807, 2.05) is 0 Å². The lowest BCUT2D eigenvalue weighted by atomic mass is 9.79. The Morgan fingerprint density at radius 2 is 2.29 bits per heavy atom. The van der Waals surface area contributed by atoms with Gasteiger partial charge in [0.25, 0.3) is 0 Å². The number of thiophene rings is 1. The van der Waals surface area contributed by atoms with Gasteiger partial charge >= 0.3 is 0 Å². The van der Waals surface area contributed by atoms with Crippen LogP contribution in [0.1, 0.15) is 24.1 Å². The smallest absolute Gasteiger partial charge is 0.220 e. The number of rotatable bonds is 7. The van der Waals surface area contributed by atoms with E-state index in [4.69, 9.17) is 4.74 Å². The number of carbonyl (C=O) groups is 1. The third-order valence-electron chi connectivity index (χ3n) is 4.00. The minimum Gasteiger partial charge on any atom is -0.384 e. The molecule has 1 aromatic heterocycles. The summed E-state index contributed by atoms with van der Waals surface area (Å²) in [6.45, 7) is 3.44. The monoisotopic (exact) mass is 374 g/mol. The van der Waals surface area contributed by atoms with Crippen molar-refractivity contribution in [3.8, 4) is 0 Å². The molecule has 0 aliphatic carbocycles. The van der Waals surface area contributed by atoms with Crippen molar-refractivity contribution in [1.29, 1.82) is 0 Å². The molecule has 0 bridgehead atoms. The molecule has 118 valence electrons. The lowest BCUT2D eigenvalue weighted by molar-refractivity contribution is -0.121. The summed E-state index contributed by atoms with van der Waals surface area (Å²) in [4.78, 5) is 13.3. The van der Waals surface area contributed by atoms with Crippen molar-refractivity contribution >= 4 is 33.2 Å². The lowest BCUT2D eigenvalue weighted by Gasteiger charge is -2.37. The van der Waals surface area contributed by atoms with Crippen LogP contribution < -0.4 is 10.6 Å². The summed E-state index contributed by atoms with van der Waals surface area (Å²) in [5.41, 5.74) is 0.0988. The second-order valence-electron chi connectivity index (χ2n) is 5.69. The van der Waals surface area contributed by atoms with E-state index in [0.29, 0.717) is 13.0 Å². The van der Waals surface area contributed by atoms with Crippen LogP contribution in [0.25, 0.3) is 0 Å². The number of amides is 1. The quantitative estimate of drug-likeness (QED) is 0.770. The Kier molecular flexibility index (Phi) is 6.67. The number of methoxy groups -OCH3 is 1. The average molecular weight is 375 g/mol. The van der Waals surface area contributed by atoms with Crippen LogP contribution in [0.2, 0.25) is 0 Å². The van der Waals surface area contributed by atoms with Crippen LogP contribution in [0, 0.1) is 5.41 Å². The molecule has 4 nitrogen and oxygen atoms in total. The van der Waals surface area contributed by atoms with E-state index >= 15 is 0 Å². The van der Waals surface area contributed by atoms with Crippen molar-refractivity contribution < 1.29 is 9.53 Å². The van der Waals surface area contributed by atoms with Crippen LogP contribution in [0.15, 0.2) is 15.9 Å². The van der Waals surface area contributed by atoms with Crippen molar-refractivity contribution in [3.05, 3.63) is 20.8 Å². The van der Waals surface area contributed by atoms with Gasteiger partial charge in [0.2, 0.25) is 5.91 Å². The average Bonchev–Trinajstić information content (AvgIpc) is 2.90. The van der Waals surface area contributed by atoms with Gasteiger partial charge in [0.15, 0.2) is 0 Å². The molecule has 0 unspecified atom stereocenters. The van der Waals surface area contributed by atoms with Crippen molar-refractivity contribution in [2.45, 2.75) is 25.7 Å². The largest absolute Gasteiger partial charge is 0.384 e. The zero-order chi connectivity index (χ0) is 15.1. The van der Waals surface area contributed by atoms with Gasteiger partial charge in [0.05, 0.1) is 6.61 Å². The molecule has 0 spiro atoms. The molecule has 1 fully saturated rings. The topological polar surface area (TPSA) is 50.4 Å². The van der Waals surface area contributed by atoms with Gasteiger partial charge in [0, 0.05) is 40.2 Å². The molecule has 2 rings (SSSR count). The van der Waals surface area contributed by atoms with Gasteiger partial charge in [-0.3, -0.25) is 4.79 Å². The molecule has 1 aliphatic rings. The van der Waals surface area contributed by atoms with Gasteiger partial charge < -0.3 is 15.4 Å². The summed E-state index contributed by atoms with van der Waals surface area (Å²) in [6, 6.07) is 2.08. The van der Waals surface area contributed by atoms with Gasteiger partial charge in [-0.15, -0.1) is 11.3 Å². The number of piperidine rings is 1. The van der Waals surface area contributed by atoms with Crippen molar-refractivity contribution in [2.75, 3.05) is 33.4 Å². The molecule has 1 amide bonds. The number of hydrogen-bond acceptors (Lipinski definition) is 4. The normalized spacial score (nSPS) is 17.6. The maximum absolute atomic E-state index is 12.0. The minimum atomic E-state index is 0.0988. The third kappa shape index (κ3) is 5.36. The maximum Gasteiger partial charge on any atom is 0.220 e. The van der Waals surface area contributed by atoms with Crippen LogP contribution in [0.3, 0.4) is 0 Å². The Morgan fingerprint density at radius 3 is 2.90 bits per heavy atom. The first-order chi connectivity index (χ1) is 10.1. The molecule has 2 N–H and O–H groups in total. The van der Waals surface area contributed by atoms with Gasteiger partial charge in [0.1, 0.15) is 0 Å². The lowest BCUT2D eigenvalue weighted by Crippen LogP contribution is -2.47. The second kappa shape index (κ2) is 8.27. The maximum atomic E-state index is 12.0. The van der Waals surface area contributed by atoms with Crippen LogP contribution in [0.5, 0.6) is 0 Å². The van der Waals surface area contributed by atoms with E-state index in [-0.39, 0.29) is 11.3 Å². The fourth-order valence-electron chi connectivity index (χ4n) is 2.73. The van der Waals surface area contributed by atoms with Gasteiger partial charge in [-0.05, 0) is 54.3 Å². The predicted molar refractivity (Wildman–Crippen MR) is 89.8 cm³/mol. The molecule has 1 saturated heterocycles. The van der Waals surface area contributed by atoms with Crippen LogP contribution in [0.4, 0.5) is 0 Å². The summed E-state index contributed by atoms with van der Waals surface area (Å²) in [7, 11) is 1.74. The Hall–Kier alpha value is -0.430. The highest BCUT2D eigenvalue weighted by Gasteiger charge is 2.32. The Labute approximate surface area is 138 Å². The third-order valence-corrected chi connectivity index (χ3v) is 5.75. The van der Waals surface area contributed by atoms with Gasteiger partial charge in [-0.2, -0.15) is 0 Å². The highest BCUT2D eigenvalue weighted by Crippen LogP contribution is 2.28. The molecule has 0 radical (unpaired) electrons. The SMILES string of the molecule is COCC1(CNC(=O)CCc2cc(Br)cs2)CCNCC1. The molecule has 1 aliphatic heterocycles. The predicted octanol–water partition coefficient (Wildman–Crippen LogP) is 2.58. The molecule has 0 aromatic carbocycles.